The molecule has 110 valence electrons. The zero-order valence-electron chi connectivity index (χ0n) is 11.9. The Bertz CT molecular complexity index is 444. The van der Waals surface area contributed by atoms with E-state index in [0.29, 0.717) is 16.5 Å². The molecule has 1 aromatic rings. The van der Waals surface area contributed by atoms with Crippen LogP contribution in [0.2, 0.25) is 5.02 Å². The van der Waals surface area contributed by atoms with Crippen LogP contribution in [-0.2, 0) is 0 Å². The zero-order chi connectivity index (χ0) is 14.5. The Morgan fingerprint density at radius 1 is 1.45 bits per heavy atom. The predicted molar refractivity (Wildman–Crippen MR) is 81.2 cm³/mol. The van der Waals surface area contributed by atoms with Crippen molar-refractivity contribution in [2.24, 2.45) is 5.92 Å². The van der Waals surface area contributed by atoms with Crippen LogP contribution in [0.5, 0.6) is 0 Å². The van der Waals surface area contributed by atoms with Gasteiger partial charge in [0.1, 0.15) is 0 Å². The highest BCUT2D eigenvalue weighted by Gasteiger charge is 2.27. The maximum Gasteiger partial charge on any atom is 0.179 e. The summed E-state index contributed by atoms with van der Waals surface area (Å²) < 4.78 is 0. The number of Topliss-reactive ketones (excluding diaryl/α,β-unsaturated/α-hetero) is 1. The number of hydrogen-bond acceptors (Lipinski definition) is 3. The molecule has 2 rings (SSSR count). The van der Waals surface area contributed by atoms with Gasteiger partial charge in [0.05, 0.1) is 6.04 Å². The number of nitrogens with zero attached hydrogens (tertiary/aromatic N) is 1. The molecule has 1 aromatic carbocycles. The highest BCUT2D eigenvalue weighted by molar-refractivity contribution is 6.30. The predicted octanol–water partition coefficient (Wildman–Crippen LogP) is 3.01. The number of hydrogen-bond donors (Lipinski definition) is 1. The number of carbonyl (C=O) groups excluding carboxylic acids is 1. The molecule has 0 aromatic heterocycles. The fourth-order valence-corrected chi connectivity index (χ4v) is 3.01. The average Bonchev–Trinajstić information content (AvgIpc) is 2.47. The monoisotopic (exact) mass is 295 g/mol. The Balaban J connectivity index is 2.00. The summed E-state index contributed by atoms with van der Waals surface area (Å²) in [7, 11) is 0. The van der Waals surface area contributed by atoms with Gasteiger partial charge < -0.3 is 5.11 Å². The molecule has 1 fully saturated rings. The Labute approximate surface area is 125 Å². The smallest absolute Gasteiger partial charge is 0.179 e. The number of carbonyl (C=O) groups is 1. The third kappa shape index (κ3) is 3.81. The summed E-state index contributed by atoms with van der Waals surface area (Å²) in [6.07, 6.45) is 3.08. The van der Waals surface area contributed by atoms with Crippen molar-refractivity contribution < 1.29 is 9.90 Å². The lowest BCUT2D eigenvalue weighted by atomic mass is 9.93. The molecule has 0 saturated carbocycles. The van der Waals surface area contributed by atoms with Crippen molar-refractivity contribution in [1.29, 1.82) is 0 Å². The van der Waals surface area contributed by atoms with Crippen molar-refractivity contribution in [2.75, 3.05) is 19.7 Å². The number of piperidine rings is 1. The minimum Gasteiger partial charge on any atom is -0.396 e. The number of benzene rings is 1. The van der Waals surface area contributed by atoms with Gasteiger partial charge >= 0.3 is 0 Å². The second-order valence-corrected chi connectivity index (χ2v) is 6.00. The molecule has 0 bridgehead atoms. The van der Waals surface area contributed by atoms with Gasteiger partial charge in [-0.15, -0.1) is 0 Å². The van der Waals surface area contributed by atoms with Crippen LogP contribution >= 0.6 is 11.6 Å². The molecule has 4 heteroatoms. The standard InChI is InChI=1S/C16H22ClNO2/c1-12(16(20)14-4-6-15(17)7-5-14)18-9-2-3-13(11-18)8-10-19/h4-7,12-13,19H,2-3,8-11H2,1H3. The molecule has 0 spiro atoms. The first kappa shape index (κ1) is 15.5. The lowest BCUT2D eigenvalue weighted by molar-refractivity contribution is 0.0728. The molecule has 1 aliphatic heterocycles. The van der Waals surface area contributed by atoms with Gasteiger partial charge in [0.25, 0.3) is 0 Å². The van der Waals surface area contributed by atoms with Crippen molar-refractivity contribution in [3.63, 3.8) is 0 Å². The zero-order valence-corrected chi connectivity index (χ0v) is 12.6. The van der Waals surface area contributed by atoms with Crippen molar-refractivity contribution in [3.8, 4) is 0 Å². The first-order valence-corrected chi connectivity index (χ1v) is 7.64. The summed E-state index contributed by atoms with van der Waals surface area (Å²) in [5.74, 6) is 0.653. The van der Waals surface area contributed by atoms with Crippen LogP contribution in [0.25, 0.3) is 0 Å². The summed E-state index contributed by atoms with van der Waals surface area (Å²) >= 11 is 5.85. The number of aliphatic hydroxyl groups excluding tert-OH is 1. The highest BCUT2D eigenvalue weighted by Crippen LogP contribution is 2.22. The van der Waals surface area contributed by atoms with E-state index in [4.69, 9.17) is 16.7 Å². The fraction of sp³-hybridized carbons (Fsp3) is 0.562. The normalized spacial score (nSPS) is 21.6. The lowest BCUT2D eigenvalue weighted by Crippen LogP contribution is -2.45. The summed E-state index contributed by atoms with van der Waals surface area (Å²) in [4.78, 5) is 14.7. The minimum absolute atomic E-state index is 0.113. The molecule has 2 atom stereocenters. The summed E-state index contributed by atoms with van der Waals surface area (Å²) in [5, 5.41) is 9.71. The van der Waals surface area contributed by atoms with Gasteiger partial charge in [-0.05, 0) is 62.9 Å². The first-order valence-electron chi connectivity index (χ1n) is 7.26. The van der Waals surface area contributed by atoms with Crippen molar-refractivity contribution in [1.82, 2.24) is 4.90 Å². The fourth-order valence-electron chi connectivity index (χ4n) is 2.89. The number of likely N-dealkylation sites (tertiary alicyclic amines) is 1. The van der Waals surface area contributed by atoms with Crippen LogP contribution in [0.1, 0.15) is 36.5 Å². The lowest BCUT2D eigenvalue weighted by Gasteiger charge is -2.36. The second-order valence-electron chi connectivity index (χ2n) is 5.56. The summed E-state index contributed by atoms with van der Waals surface area (Å²) in [6, 6.07) is 6.98. The Morgan fingerprint density at radius 2 is 2.15 bits per heavy atom. The molecule has 1 aliphatic rings. The van der Waals surface area contributed by atoms with E-state index in [0.717, 1.165) is 32.4 Å². The average molecular weight is 296 g/mol. The molecule has 20 heavy (non-hydrogen) atoms. The van der Waals surface area contributed by atoms with Crippen LogP contribution in [0.4, 0.5) is 0 Å². The summed E-state index contributed by atoms with van der Waals surface area (Å²) in [6.45, 7) is 4.07. The number of aliphatic hydroxyl groups is 1. The first-order chi connectivity index (χ1) is 9.61. The van der Waals surface area contributed by atoms with Gasteiger partial charge in [-0.2, -0.15) is 0 Å². The molecule has 1 saturated heterocycles. The highest BCUT2D eigenvalue weighted by atomic mass is 35.5. The van der Waals surface area contributed by atoms with Gasteiger partial charge in [0, 0.05) is 23.7 Å². The Kier molecular flexibility index (Phi) is 5.58. The van der Waals surface area contributed by atoms with E-state index in [9.17, 15) is 4.79 Å². The molecular weight excluding hydrogens is 274 g/mol. The summed E-state index contributed by atoms with van der Waals surface area (Å²) in [5.41, 5.74) is 0.714. The molecule has 0 aliphatic carbocycles. The van der Waals surface area contributed by atoms with E-state index < -0.39 is 0 Å². The largest absolute Gasteiger partial charge is 0.396 e. The topological polar surface area (TPSA) is 40.5 Å². The maximum atomic E-state index is 12.5. The van der Waals surface area contributed by atoms with Crippen molar-refractivity contribution in [2.45, 2.75) is 32.2 Å². The second kappa shape index (κ2) is 7.21. The molecule has 1 N–H and O–H groups in total. The van der Waals surface area contributed by atoms with Gasteiger partial charge in [-0.3, -0.25) is 9.69 Å². The molecule has 3 nitrogen and oxygen atoms in total. The third-order valence-corrected chi connectivity index (χ3v) is 4.40. The van der Waals surface area contributed by atoms with Crippen molar-refractivity contribution >= 4 is 17.4 Å². The van der Waals surface area contributed by atoms with Crippen LogP contribution in [0, 0.1) is 5.92 Å². The number of ketones is 1. The molecule has 1 heterocycles. The Morgan fingerprint density at radius 3 is 2.80 bits per heavy atom. The quantitative estimate of drug-likeness (QED) is 0.849. The van der Waals surface area contributed by atoms with Crippen LogP contribution in [0.3, 0.4) is 0 Å². The van der Waals surface area contributed by atoms with E-state index in [2.05, 4.69) is 4.90 Å². The maximum absolute atomic E-state index is 12.5. The van der Waals surface area contributed by atoms with Crippen LogP contribution in [0.15, 0.2) is 24.3 Å². The van der Waals surface area contributed by atoms with E-state index in [1.165, 1.54) is 0 Å². The van der Waals surface area contributed by atoms with E-state index >= 15 is 0 Å². The van der Waals surface area contributed by atoms with Gasteiger partial charge in [-0.25, -0.2) is 0 Å². The Hall–Kier alpha value is -0.900. The minimum atomic E-state index is -0.113. The molecule has 0 radical (unpaired) electrons. The number of rotatable bonds is 5. The van der Waals surface area contributed by atoms with Crippen LogP contribution in [-0.4, -0.2) is 41.5 Å². The van der Waals surface area contributed by atoms with E-state index in [1.54, 1.807) is 24.3 Å². The van der Waals surface area contributed by atoms with E-state index in [-0.39, 0.29) is 18.4 Å². The van der Waals surface area contributed by atoms with Gasteiger partial charge in [0.15, 0.2) is 5.78 Å². The van der Waals surface area contributed by atoms with Gasteiger partial charge in [0.2, 0.25) is 0 Å². The van der Waals surface area contributed by atoms with E-state index in [1.807, 2.05) is 6.92 Å². The SMILES string of the molecule is CC(C(=O)c1ccc(Cl)cc1)N1CCCC(CCO)C1. The molecule has 2 unspecified atom stereocenters. The third-order valence-electron chi connectivity index (χ3n) is 4.14. The van der Waals surface area contributed by atoms with Crippen molar-refractivity contribution in [3.05, 3.63) is 34.9 Å². The van der Waals surface area contributed by atoms with Crippen LogP contribution < -0.4 is 0 Å². The molecule has 0 amide bonds. The number of halogens is 1. The molecular formula is C16H22ClNO2. The van der Waals surface area contributed by atoms with Gasteiger partial charge in [-0.1, -0.05) is 11.6 Å².